The van der Waals surface area contributed by atoms with Crippen LogP contribution >= 0.6 is 0 Å². The SMILES string of the molecule is COCCNS(=O)(=O)NCC(=O)OC. The highest BCUT2D eigenvalue weighted by Gasteiger charge is 2.10. The summed E-state index contributed by atoms with van der Waals surface area (Å²) in [5.74, 6) is -0.651. The van der Waals surface area contributed by atoms with E-state index in [0.29, 0.717) is 0 Å². The van der Waals surface area contributed by atoms with Gasteiger partial charge in [-0.15, -0.1) is 0 Å². The lowest BCUT2D eigenvalue weighted by molar-refractivity contribution is -0.139. The zero-order valence-corrected chi connectivity index (χ0v) is 8.89. The number of carbonyl (C=O) groups excluding carboxylic acids is 1. The highest BCUT2D eigenvalue weighted by Crippen LogP contribution is 1.78. The lowest BCUT2D eigenvalue weighted by atomic mass is 10.7. The van der Waals surface area contributed by atoms with Crippen molar-refractivity contribution in [3.05, 3.63) is 0 Å². The first kappa shape index (κ1) is 13.3. The fourth-order valence-electron chi connectivity index (χ4n) is 0.555. The second kappa shape index (κ2) is 6.71. The van der Waals surface area contributed by atoms with Gasteiger partial charge in [0.25, 0.3) is 10.2 Å². The third kappa shape index (κ3) is 6.78. The van der Waals surface area contributed by atoms with Crippen LogP contribution in [0.5, 0.6) is 0 Å². The highest BCUT2D eigenvalue weighted by molar-refractivity contribution is 7.87. The van der Waals surface area contributed by atoms with Crippen LogP contribution in [-0.2, 0) is 24.5 Å². The normalized spacial score (nSPS) is 11.3. The topological polar surface area (TPSA) is 93.7 Å². The zero-order valence-electron chi connectivity index (χ0n) is 8.07. The van der Waals surface area contributed by atoms with Gasteiger partial charge in [0.1, 0.15) is 6.54 Å². The summed E-state index contributed by atoms with van der Waals surface area (Å²) in [4.78, 5) is 10.6. The van der Waals surface area contributed by atoms with Gasteiger partial charge in [-0.3, -0.25) is 4.79 Å². The number of hydrogen-bond acceptors (Lipinski definition) is 5. The standard InChI is InChI=1S/C6H14N2O5S/c1-12-4-3-7-14(10,11)8-5-6(9)13-2/h7-8H,3-5H2,1-2H3. The Kier molecular flexibility index (Phi) is 6.37. The molecular formula is C6H14N2O5S. The summed E-state index contributed by atoms with van der Waals surface area (Å²) in [6.07, 6.45) is 0. The minimum atomic E-state index is -3.64. The van der Waals surface area contributed by atoms with Gasteiger partial charge in [-0.1, -0.05) is 0 Å². The van der Waals surface area contributed by atoms with E-state index < -0.39 is 22.7 Å². The molecule has 14 heavy (non-hydrogen) atoms. The molecule has 0 fully saturated rings. The molecule has 0 aliphatic rings. The van der Waals surface area contributed by atoms with E-state index in [1.54, 1.807) is 0 Å². The van der Waals surface area contributed by atoms with Gasteiger partial charge in [0.05, 0.1) is 13.7 Å². The average molecular weight is 226 g/mol. The van der Waals surface area contributed by atoms with E-state index >= 15 is 0 Å². The Balaban J connectivity index is 3.78. The summed E-state index contributed by atoms with van der Waals surface area (Å²) in [5.41, 5.74) is 0. The van der Waals surface area contributed by atoms with Crippen LogP contribution in [0.4, 0.5) is 0 Å². The maximum Gasteiger partial charge on any atom is 0.320 e. The third-order valence-electron chi connectivity index (χ3n) is 1.23. The van der Waals surface area contributed by atoms with Crippen LogP contribution in [0, 0.1) is 0 Å². The molecule has 0 rings (SSSR count). The molecule has 0 aromatic rings. The zero-order chi connectivity index (χ0) is 11.0. The third-order valence-corrected chi connectivity index (χ3v) is 2.34. The molecule has 0 bridgehead atoms. The number of ether oxygens (including phenoxy) is 2. The molecule has 0 saturated carbocycles. The molecule has 0 spiro atoms. The molecule has 2 N–H and O–H groups in total. The summed E-state index contributed by atoms with van der Waals surface area (Å²) in [7, 11) is -1.01. The first-order valence-corrected chi connectivity index (χ1v) is 5.30. The molecule has 0 atom stereocenters. The summed E-state index contributed by atoms with van der Waals surface area (Å²) in [6.45, 7) is 0.0188. The van der Waals surface area contributed by atoms with Crippen LogP contribution in [0.1, 0.15) is 0 Å². The van der Waals surface area contributed by atoms with Crippen molar-refractivity contribution >= 4 is 16.2 Å². The summed E-state index contributed by atoms with van der Waals surface area (Å²) in [6, 6.07) is 0. The van der Waals surface area contributed by atoms with Gasteiger partial charge < -0.3 is 9.47 Å². The van der Waals surface area contributed by atoms with Crippen LogP contribution in [0.2, 0.25) is 0 Å². The Labute approximate surface area is 82.9 Å². The van der Waals surface area contributed by atoms with Crippen LogP contribution in [0.25, 0.3) is 0 Å². The lowest BCUT2D eigenvalue weighted by Gasteiger charge is -2.06. The van der Waals surface area contributed by atoms with Crippen molar-refractivity contribution in [3.8, 4) is 0 Å². The number of nitrogens with one attached hydrogen (secondary N) is 2. The fourth-order valence-corrected chi connectivity index (χ4v) is 1.32. The number of methoxy groups -OCH3 is 2. The number of carbonyl (C=O) groups is 1. The first-order valence-electron chi connectivity index (χ1n) is 3.82. The molecule has 8 heteroatoms. The summed E-state index contributed by atoms with van der Waals surface area (Å²) >= 11 is 0. The predicted octanol–water partition coefficient (Wildman–Crippen LogP) is -1.77. The fraction of sp³-hybridized carbons (Fsp3) is 0.833. The van der Waals surface area contributed by atoms with Crippen LogP contribution in [0.15, 0.2) is 0 Å². The van der Waals surface area contributed by atoms with Gasteiger partial charge in [-0.25, -0.2) is 0 Å². The molecule has 0 unspecified atom stereocenters. The Morgan fingerprint density at radius 3 is 2.43 bits per heavy atom. The van der Waals surface area contributed by atoms with Crippen molar-refractivity contribution < 1.29 is 22.7 Å². The van der Waals surface area contributed by atoms with Crippen molar-refractivity contribution in [2.45, 2.75) is 0 Å². The van der Waals surface area contributed by atoms with Crippen molar-refractivity contribution in [1.29, 1.82) is 0 Å². The molecule has 0 aromatic carbocycles. The molecule has 0 aliphatic carbocycles. The first-order chi connectivity index (χ1) is 6.52. The van der Waals surface area contributed by atoms with E-state index in [2.05, 4.69) is 14.2 Å². The van der Waals surface area contributed by atoms with Gasteiger partial charge in [0.15, 0.2) is 0 Å². The van der Waals surface area contributed by atoms with Gasteiger partial charge in [-0.2, -0.15) is 17.9 Å². The van der Waals surface area contributed by atoms with E-state index in [4.69, 9.17) is 0 Å². The van der Waals surface area contributed by atoms with Crippen LogP contribution in [0.3, 0.4) is 0 Å². The van der Waals surface area contributed by atoms with Gasteiger partial charge in [0, 0.05) is 13.7 Å². The average Bonchev–Trinajstić information content (AvgIpc) is 2.14. The van der Waals surface area contributed by atoms with Crippen molar-refractivity contribution in [3.63, 3.8) is 0 Å². The molecular weight excluding hydrogens is 212 g/mol. The molecule has 0 heterocycles. The highest BCUT2D eigenvalue weighted by atomic mass is 32.2. The van der Waals surface area contributed by atoms with Crippen molar-refractivity contribution in [2.75, 3.05) is 33.9 Å². The largest absolute Gasteiger partial charge is 0.468 e. The van der Waals surface area contributed by atoms with Crippen LogP contribution < -0.4 is 9.44 Å². The van der Waals surface area contributed by atoms with Crippen molar-refractivity contribution in [1.82, 2.24) is 9.44 Å². The molecule has 0 amide bonds. The van der Waals surface area contributed by atoms with E-state index in [-0.39, 0.29) is 13.2 Å². The second-order valence-electron chi connectivity index (χ2n) is 2.29. The monoisotopic (exact) mass is 226 g/mol. The molecule has 0 aliphatic heterocycles. The number of hydrogen-bond donors (Lipinski definition) is 2. The van der Waals surface area contributed by atoms with Gasteiger partial charge in [0.2, 0.25) is 0 Å². The summed E-state index contributed by atoms with van der Waals surface area (Å²) < 4.78 is 35.1. The Morgan fingerprint density at radius 1 is 1.29 bits per heavy atom. The predicted molar refractivity (Wildman–Crippen MR) is 48.8 cm³/mol. The second-order valence-corrected chi connectivity index (χ2v) is 3.87. The molecule has 84 valence electrons. The van der Waals surface area contributed by atoms with E-state index in [1.807, 2.05) is 4.72 Å². The minimum Gasteiger partial charge on any atom is -0.468 e. The van der Waals surface area contributed by atoms with Crippen LogP contribution in [-0.4, -0.2) is 48.3 Å². The number of rotatable bonds is 7. The molecule has 7 nitrogen and oxygen atoms in total. The maximum absolute atomic E-state index is 11.0. The summed E-state index contributed by atoms with van der Waals surface area (Å²) in [5, 5.41) is 0. The van der Waals surface area contributed by atoms with Gasteiger partial charge in [-0.05, 0) is 0 Å². The Morgan fingerprint density at radius 2 is 1.93 bits per heavy atom. The van der Waals surface area contributed by atoms with Gasteiger partial charge >= 0.3 is 5.97 Å². The minimum absolute atomic E-state index is 0.146. The smallest absolute Gasteiger partial charge is 0.320 e. The number of esters is 1. The van der Waals surface area contributed by atoms with E-state index in [1.165, 1.54) is 14.2 Å². The Bertz CT molecular complexity index is 263. The lowest BCUT2D eigenvalue weighted by Crippen LogP contribution is -2.40. The van der Waals surface area contributed by atoms with Crippen molar-refractivity contribution in [2.24, 2.45) is 0 Å². The molecule has 0 radical (unpaired) electrons. The molecule has 0 aromatic heterocycles. The maximum atomic E-state index is 11.0. The molecule has 0 saturated heterocycles. The quantitative estimate of drug-likeness (QED) is 0.396. The van der Waals surface area contributed by atoms with E-state index in [9.17, 15) is 13.2 Å². The Hall–Kier alpha value is -0.700. The van der Waals surface area contributed by atoms with E-state index in [0.717, 1.165) is 0 Å².